The van der Waals surface area contributed by atoms with E-state index >= 15 is 0 Å². The Morgan fingerprint density at radius 2 is 1.79 bits per heavy atom. The van der Waals surface area contributed by atoms with Crippen molar-refractivity contribution in [2.75, 3.05) is 38.2 Å². The lowest BCUT2D eigenvalue weighted by Gasteiger charge is -2.36. The van der Waals surface area contributed by atoms with Crippen LogP contribution in [0.15, 0.2) is 48.5 Å². The molecule has 1 aliphatic rings. The number of nitrogens with one attached hydrogen (secondary N) is 1. The maximum absolute atomic E-state index is 12.9. The van der Waals surface area contributed by atoms with Crippen LogP contribution in [0.1, 0.15) is 21.6 Å². The van der Waals surface area contributed by atoms with E-state index in [2.05, 4.69) is 47.1 Å². The summed E-state index contributed by atoms with van der Waals surface area (Å²) in [5.74, 6) is 0.758. The molecule has 2 heterocycles. The van der Waals surface area contributed by atoms with Crippen molar-refractivity contribution in [3.63, 3.8) is 0 Å². The monoisotopic (exact) mass is 390 g/mol. The summed E-state index contributed by atoms with van der Waals surface area (Å²) in [6, 6.07) is 15.9. The minimum atomic E-state index is -0.00717. The molecule has 0 atom stereocenters. The van der Waals surface area contributed by atoms with Crippen molar-refractivity contribution in [1.29, 1.82) is 0 Å². The van der Waals surface area contributed by atoms with Crippen molar-refractivity contribution < 1.29 is 9.53 Å². The first kappa shape index (κ1) is 19.1. The quantitative estimate of drug-likeness (QED) is 0.738. The topological polar surface area (TPSA) is 61.5 Å². The van der Waals surface area contributed by atoms with E-state index < -0.39 is 0 Å². The molecule has 1 aromatic heterocycles. The van der Waals surface area contributed by atoms with Gasteiger partial charge in [0.15, 0.2) is 0 Å². The second-order valence-electron chi connectivity index (χ2n) is 7.40. The molecule has 1 aliphatic heterocycles. The normalized spacial score (nSPS) is 14.2. The van der Waals surface area contributed by atoms with Crippen LogP contribution in [0.5, 0.6) is 5.75 Å². The van der Waals surface area contributed by atoms with Gasteiger partial charge in [-0.2, -0.15) is 5.10 Å². The van der Waals surface area contributed by atoms with E-state index in [9.17, 15) is 4.79 Å². The number of hydrogen-bond acceptors (Lipinski definition) is 4. The number of aromatic amines is 1. The van der Waals surface area contributed by atoms with Gasteiger partial charge >= 0.3 is 0 Å². The molecular formula is C23H26N4O2. The van der Waals surface area contributed by atoms with Gasteiger partial charge in [0.1, 0.15) is 11.4 Å². The number of piperazine rings is 1. The Labute approximate surface area is 171 Å². The molecule has 1 saturated heterocycles. The van der Waals surface area contributed by atoms with E-state index in [-0.39, 0.29) is 5.91 Å². The van der Waals surface area contributed by atoms with Crippen LogP contribution in [0, 0.1) is 13.8 Å². The highest BCUT2D eigenvalue weighted by Crippen LogP contribution is 2.25. The summed E-state index contributed by atoms with van der Waals surface area (Å²) < 4.78 is 5.27. The van der Waals surface area contributed by atoms with E-state index in [1.54, 1.807) is 7.11 Å². The second-order valence-corrected chi connectivity index (χ2v) is 7.40. The molecule has 1 fully saturated rings. The van der Waals surface area contributed by atoms with Gasteiger partial charge in [0.2, 0.25) is 0 Å². The van der Waals surface area contributed by atoms with Gasteiger partial charge in [0.05, 0.1) is 12.8 Å². The summed E-state index contributed by atoms with van der Waals surface area (Å²) in [5, 5.41) is 7.23. The lowest BCUT2D eigenvalue weighted by molar-refractivity contribution is 0.0741. The summed E-state index contributed by atoms with van der Waals surface area (Å²) in [7, 11) is 1.64. The zero-order chi connectivity index (χ0) is 20.4. The van der Waals surface area contributed by atoms with Gasteiger partial charge in [-0.1, -0.05) is 24.3 Å². The number of hydrogen-bond donors (Lipinski definition) is 1. The van der Waals surface area contributed by atoms with Crippen LogP contribution in [0.3, 0.4) is 0 Å². The van der Waals surface area contributed by atoms with Crippen LogP contribution < -0.4 is 9.64 Å². The summed E-state index contributed by atoms with van der Waals surface area (Å²) in [6.07, 6.45) is 0. The van der Waals surface area contributed by atoms with Crippen molar-refractivity contribution in [2.45, 2.75) is 13.8 Å². The highest BCUT2D eigenvalue weighted by molar-refractivity contribution is 5.93. The van der Waals surface area contributed by atoms with Gasteiger partial charge in [0.25, 0.3) is 5.91 Å². The molecule has 0 bridgehead atoms. The minimum absolute atomic E-state index is 0.00717. The standard InChI is InChI=1S/C23H26N4O2/c1-16-6-4-9-22(17(16)2)26-10-12-27(13-11-26)23(28)21-15-20(24-25-21)18-7-5-8-19(14-18)29-3/h4-9,14-15H,10-13H2,1-3H3,(H,24,25). The SMILES string of the molecule is COc1cccc(-c2cc(C(=O)N3CCN(c4cccc(C)c4C)CC3)[nH]n2)c1. The molecule has 0 unspecified atom stereocenters. The van der Waals surface area contributed by atoms with E-state index in [1.165, 1.54) is 16.8 Å². The van der Waals surface area contributed by atoms with Crippen molar-refractivity contribution in [3.05, 3.63) is 65.4 Å². The number of aromatic nitrogens is 2. The molecule has 1 amide bonds. The Hall–Kier alpha value is -3.28. The predicted molar refractivity (Wildman–Crippen MR) is 115 cm³/mol. The Kier molecular flexibility index (Phi) is 5.25. The third kappa shape index (κ3) is 3.83. The van der Waals surface area contributed by atoms with Crippen molar-refractivity contribution in [2.24, 2.45) is 0 Å². The lowest BCUT2D eigenvalue weighted by Crippen LogP contribution is -2.49. The van der Waals surface area contributed by atoms with Crippen LogP contribution in [-0.2, 0) is 0 Å². The van der Waals surface area contributed by atoms with E-state index in [0.29, 0.717) is 18.8 Å². The Bertz CT molecular complexity index is 1020. The van der Waals surface area contributed by atoms with Crippen molar-refractivity contribution in [3.8, 4) is 17.0 Å². The number of nitrogens with zero attached hydrogens (tertiary/aromatic N) is 3. The first-order valence-corrected chi connectivity index (χ1v) is 9.87. The molecular weight excluding hydrogens is 364 g/mol. The van der Waals surface area contributed by atoms with Gasteiger partial charge in [-0.05, 0) is 49.2 Å². The van der Waals surface area contributed by atoms with Crippen LogP contribution in [0.2, 0.25) is 0 Å². The minimum Gasteiger partial charge on any atom is -0.497 e. The van der Waals surface area contributed by atoms with Crippen molar-refractivity contribution >= 4 is 11.6 Å². The highest BCUT2D eigenvalue weighted by atomic mass is 16.5. The Morgan fingerprint density at radius 1 is 1.03 bits per heavy atom. The molecule has 2 aromatic carbocycles. The van der Waals surface area contributed by atoms with Crippen LogP contribution in [0.4, 0.5) is 5.69 Å². The first-order chi connectivity index (χ1) is 14.1. The second kappa shape index (κ2) is 7.99. The number of rotatable bonds is 4. The Balaban J connectivity index is 1.44. The van der Waals surface area contributed by atoms with E-state index in [4.69, 9.17) is 4.74 Å². The fourth-order valence-corrected chi connectivity index (χ4v) is 3.76. The maximum atomic E-state index is 12.9. The number of anilines is 1. The summed E-state index contributed by atoms with van der Waals surface area (Å²) in [4.78, 5) is 17.2. The molecule has 1 N–H and O–H groups in total. The first-order valence-electron chi connectivity index (χ1n) is 9.87. The molecule has 3 aromatic rings. The number of amides is 1. The summed E-state index contributed by atoms with van der Waals surface area (Å²) >= 11 is 0. The van der Waals surface area contributed by atoms with Gasteiger partial charge in [0, 0.05) is 37.4 Å². The van der Waals surface area contributed by atoms with Crippen LogP contribution in [0.25, 0.3) is 11.3 Å². The fraction of sp³-hybridized carbons (Fsp3) is 0.304. The van der Waals surface area contributed by atoms with Gasteiger partial charge in [-0.15, -0.1) is 0 Å². The van der Waals surface area contributed by atoms with Crippen LogP contribution in [-0.4, -0.2) is 54.3 Å². The third-order valence-electron chi connectivity index (χ3n) is 5.66. The molecule has 6 nitrogen and oxygen atoms in total. The molecule has 4 rings (SSSR count). The number of carbonyl (C=O) groups is 1. The fourth-order valence-electron chi connectivity index (χ4n) is 3.76. The molecule has 0 radical (unpaired) electrons. The van der Waals surface area contributed by atoms with E-state index in [1.807, 2.05) is 35.2 Å². The van der Waals surface area contributed by atoms with Gasteiger partial charge in [-0.3, -0.25) is 9.89 Å². The number of methoxy groups -OCH3 is 1. The highest BCUT2D eigenvalue weighted by Gasteiger charge is 2.24. The van der Waals surface area contributed by atoms with E-state index in [0.717, 1.165) is 30.1 Å². The Morgan fingerprint density at radius 3 is 2.55 bits per heavy atom. The predicted octanol–water partition coefficient (Wildman–Crippen LogP) is 3.66. The van der Waals surface area contributed by atoms with Gasteiger partial charge in [-0.25, -0.2) is 0 Å². The zero-order valence-electron chi connectivity index (χ0n) is 17.1. The van der Waals surface area contributed by atoms with Gasteiger partial charge < -0.3 is 14.5 Å². The molecule has 150 valence electrons. The molecule has 6 heteroatoms. The molecule has 29 heavy (non-hydrogen) atoms. The molecule has 0 aliphatic carbocycles. The largest absolute Gasteiger partial charge is 0.497 e. The smallest absolute Gasteiger partial charge is 0.272 e. The average molecular weight is 390 g/mol. The number of aryl methyl sites for hydroxylation is 1. The number of carbonyl (C=O) groups excluding carboxylic acids is 1. The number of ether oxygens (including phenoxy) is 1. The number of H-pyrrole nitrogens is 1. The van der Waals surface area contributed by atoms with Crippen LogP contribution >= 0.6 is 0 Å². The molecule has 0 spiro atoms. The molecule has 0 saturated carbocycles. The third-order valence-corrected chi connectivity index (χ3v) is 5.66. The van der Waals surface area contributed by atoms with Crippen molar-refractivity contribution in [1.82, 2.24) is 15.1 Å². The summed E-state index contributed by atoms with van der Waals surface area (Å²) in [6.45, 7) is 7.34. The average Bonchev–Trinajstić information content (AvgIpc) is 3.26. The maximum Gasteiger partial charge on any atom is 0.272 e. The zero-order valence-corrected chi connectivity index (χ0v) is 17.1. The summed E-state index contributed by atoms with van der Waals surface area (Å²) in [5.41, 5.74) is 6.04. The number of benzene rings is 2. The lowest BCUT2D eigenvalue weighted by atomic mass is 10.1.